The lowest BCUT2D eigenvalue weighted by molar-refractivity contribution is -0.384. The lowest BCUT2D eigenvalue weighted by atomic mass is 10.2. The summed E-state index contributed by atoms with van der Waals surface area (Å²) in [5, 5.41) is 25.3. The van der Waals surface area contributed by atoms with Crippen LogP contribution in [0, 0.1) is 10.1 Å². The van der Waals surface area contributed by atoms with E-state index in [1.54, 1.807) is 12.3 Å². The second kappa shape index (κ2) is 7.14. The van der Waals surface area contributed by atoms with Crippen molar-refractivity contribution in [2.75, 3.05) is 37.8 Å². The lowest BCUT2D eigenvalue weighted by Crippen LogP contribution is -2.21. The van der Waals surface area contributed by atoms with Crippen LogP contribution in [-0.2, 0) is 0 Å². The summed E-state index contributed by atoms with van der Waals surface area (Å²) in [6.07, 6.45) is 1.72. The van der Waals surface area contributed by atoms with Crippen molar-refractivity contribution in [2.24, 2.45) is 0 Å². The molecule has 2 heterocycles. The number of likely N-dealkylation sites (N-methyl/N-ethyl adjacent to an activating group) is 1. The fourth-order valence-electron chi connectivity index (χ4n) is 2.35. The van der Waals surface area contributed by atoms with Gasteiger partial charge in [0.1, 0.15) is 5.82 Å². The topological polar surface area (TPSA) is 112 Å². The molecule has 0 bridgehead atoms. The first kappa shape index (κ1) is 16.7. The monoisotopic (exact) mass is 341 g/mol. The molecule has 0 saturated heterocycles. The van der Waals surface area contributed by atoms with Gasteiger partial charge in [0.15, 0.2) is 0 Å². The zero-order valence-corrected chi connectivity index (χ0v) is 14.0. The zero-order chi connectivity index (χ0) is 17.8. The molecule has 0 unspecified atom stereocenters. The molecule has 0 saturated carbocycles. The van der Waals surface area contributed by atoms with Gasteiger partial charge < -0.3 is 15.5 Å². The molecule has 0 aliphatic heterocycles. The molecule has 1 aromatic carbocycles. The van der Waals surface area contributed by atoms with Gasteiger partial charge in [-0.25, -0.2) is 4.98 Å². The molecule has 0 atom stereocenters. The van der Waals surface area contributed by atoms with Gasteiger partial charge in [0.05, 0.1) is 16.6 Å². The SMILES string of the molecule is CN(C)CCNc1ccc([N+](=O)[O-])c(Nc2ccc3cn[nH]c3c2)n1. The molecule has 0 radical (unpaired) electrons. The summed E-state index contributed by atoms with van der Waals surface area (Å²) in [6, 6.07) is 8.60. The van der Waals surface area contributed by atoms with E-state index in [1.807, 2.05) is 37.2 Å². The Labute approximate surface area is 144 Å². The first-order valence-electron chi connectivity index (χ1n) is 7.77. The van der Waals surface area contributed by atoms with Gasteiger partial charge in [0.2, 0.25) is 5.82 Å². The van der Waals surface area contributed by atoms with Crippen LogP contribution in [0.5, 0.6) is 0 Å². The van der Waals surface area contributed by atoms with Crippen LogP contribution in [0.4, 0.5) is 23.0 Å². The van der Waals surface area contributed by atoms with E-state index < -0.39 is 4.92 Å². The van der Waals surface area contributed by atoms with E-state index >= 15 is 0 Å². The molecule has 2 aromatic heterocycles. The number of rotatable bonds is 7. The number of hydrogen-bond donors (Lipinski definition) is 3. The normalized spacial score (nSPS) is 11.0. The van der Waals surface area contributed by atoms with Gasteiger partial charge >= 0.3 is 5.69 Å². The van der Waals surface area contributed by atoms with Crippen molar-refractivity contribution in [3.05, 3.63) is 46.6 Å². The predicted octanol–water partition coefficient (Wildman–Crippen LogP) is 2.58. The van der Waals surface area contributed by atoms with Crippen molar-refractivity contribution >= 4 is 33.9 Å². The van der Waals surface area contributed by atoms with Crippen molar-refractivity contribution in [1.29, 1.82) is 0 Å². The smallest absolute Gasteiger partial charge is 0.311 e. The minimum atomic E-state index is -0.451. The van der Waals surface area contributed by atoms with Gasteiger partial charge in [0, 0.05) is 30.2 Å². The van der Waals surface area contributed by atoms with Gasteiger partial charge in [-0.05, 0) is 38.4 Å². The van der Waals surface area contributed by atoms with E-state index in [0.717, 1.165) is 17.4 Å². The average molecular weight is 341 g/mol. The molecule has 9 heteroatoms. The molecule has 0 amide bonds. The van der Waals surface area contributed by atoms with Gasteiger partial charge in [-0.2, -0.15) is 5.10 Å². The minimum Gasteiger partial charge on any atom is -0.369 e. The van der Waals surface area contributed by atoms with Crippen LogP contribution in [0.25, 0.3) is 10.9 Å². The summed E-state index contributed by atoms with van der Waals surface area (Å²) in [7, 11) is 3.95. The van der Waals surface area contributed by atoms with Gasteiger partial charge in [0.25, 0.3) is 0 Å². The van der Waals surface area contributed by atoms with Gasteiger partial charge in [-0.15, -0.1) is 0 Å². The summed E-state index contributed by atoms with van der Waals surface area (Å²) >= 11 is 0. The standard InChI is InChI=1S/C16H19N7O2/c1-22(2)8-7-17-15-6-5-14(23(24)25)16(20-15)19-12-4-3-11-10-18-21-13(11)9-12/h3-6,9-10H,7-8H2,1-2H3,(H,18,21)(H2,17,19,20). The average Bonchev–Trinajstić information content (AvgIpc) is 3.02. The van der Waals surface area contributed by atoms with Crippen molar-refractivity contribution in [1.82, 2.24) is 20.1 Å². The zero-order valence-electron chi connectivity index (χ0n) is 14.0. The number of aromatic amines is 1. The quantitative estimate of drug-likeness (QED) is 0.447. The molecule has 0 aliphatic rings. The Morgan fingerprint density at radius 3 is 2.88 bits per heavy atom. The fraction of sp³-hybridized carbons (Fsp3) is 0.250. The number of fused-ring (bicyclic) bond motifs is 1. The summed E-state index contributed by atoms with van der Waals surface area (Å²) in [5.41, 5.74) is 1.45. The molecule has 130 valence electrons. The second-order valence-corrected chi connectivity index (χ2v) is 5.85. The summed E-state index contributed by atoms with van der Waals surface area (Å²) in [5.74, 6) is 0.774. The van der Waals surface area contributed by atoms with Crippen molar-refractivity contribution < 1.29 is 4.92 Å². The molecule has 0 fully saturated rings. The third kappa shape index (κ3) is 4.01. The molecule has 3 N–H and O–H groups in total. The number of nitrogens with zero attached hydrogens (tertiary/aromatic N) is 4. The van der Waals surface area contributed by atoms with Gasteiger partial charge in [-0.3, -0.25) is 15.2 Å². The van der Waals surface area contributed by atoms with Crippen molar-refractivity contribution in [3.63, 3.8) is 0 Å². The van der Waals surface area contributed by atoms with E-state index in [0.29, 0.717) is 18.1 Å². The molecule has 9 nitrogen and oxygen atoms in total. The first-order valence-corrected chi connectivity index (χ1v) is 7.77. The van der Waals surface area contributed by atoms with Gasteiger partial charge in [-0.1, -0.05) is 0 Å². The first-order chi connectivity index (χ1) is 12.0. The van der Waals surface area contributed by atoms with E-state index in [4.69, 9.17) is 0 Å². The summed E-state index contributed by atoms with van der Waals surface area (Å²) in [4.78, 5) is 17.2. The summed E-state index contributed by atoms with van der Waals surface area (Å²) in [6.45, 7) is 1.52. The van der Waals surface area contributed by atoms with Crippen LogP contribution in [0.15, 0.2) is 36.5 Å². The van der Waals surface area contributed by atoms with E-state index in [2.05, 4.69) is 25.8 Å². The van der Waals surface area contributed by atoms with Crippen molar-refractivity contribution in [3.8, 4) is 0 Å². The number of pyridine rings is 1. The maximum absolute atomic E-state index is 11.3. The predicted molar refractivity (Wildman–Crippen MR) is 97.3 cm³/mol. The second-order valence-electron chi connectivity index (χ2n) is 5.85. The number of H-pyrrole nitrogens is 1. The number of nitrogens with one attached hydrogen (secondary N) is 3. The largest absolute Gasteiger partial charge is 0.369 e. The number of hydrogen-bond acceptors (Lipinski definition) is 7. The Morgan fingerprint density at radius 1 is 1.28 bits per heavy atom. The number of benzene rings is 1. The Bertz CT molecular complexity index is 891. The maximum Gasteiger partial charge on any atom is 0.311 e. The Morgan fingerprint density at radius 2 is 2.12 bits per heavy atom. The van der Waals surface area contributed by atoms with Crippen LogP contribution in [0.1, 0.15) is 0 Å². The third-order valence-electron chi connectivity index (χ3n) is 3.64. The van der Waals surface area contributed by atoms with Crippen molar-refractivity contribution in [2.45, 2.75) is 0 Å². The molecular weight excluding hydrogens is 322 g/mol. The highest BCUT2D eigenvalue weighted by Crippen LogP contribution is 2.28. The van der Waals surface area contributed by atoms with Crippen LogP contribution in [0.2, 0.25) is 0 Å². The number of nitro groups is 1. The van der Waals surface area contributed by atoms with Crippen LogP contribution >= 0.6 is 0 Å². The third-order valence-corrected chi connectivity index (χ3v) is 3.64. The molecule has 3 aromatic rings. The number of anilines is 3. The molecule has 0 spiro atoms. The molecule has 25 heavy (non-hydrogen) atoms. The van der Waals surface area contributed by atoms with E-state index in [9.17, 15) is 10.1 Å². The molecular formula is C16H19N7O2. The van der Waals surface area contributed by atoms with Crippen LogP contribution in [0.3, 0.4) is 0 Å². The van der Waals surface area contributed by atoms with Crippen LogP contribution < -0.4 is 10.6 Å². The Hall–Kier alpha value is -3.20. The maximum atomic E-state index is 11.3. The highest BCUT2D eigenvalue weighted by atomic mass is 16.6. The van der Waals surface area contributed by atoms with E-state index in [1.165, 1.54) is 6.07 Å². The Balaban J connectivity index is 1.84. The van der Waals surface area contributed by atoms with Crippen LogP contribution in [-0.4, -0.2) is 52.2 Å². The lowest BCUT2D eigenvalue weighted by Gasteiger charge is -2.12. The number of aromatic nitrogens is 3. The highest BCUT2D eigenvalue weighted by molar-refractivity contribution is 5.83. The fourth-order valence-corrected chi connectivity index (χ4v) is 2.35. The molecule has 3 rings (SSSR count). The minimum absolute atomic E-state index is 0.0807. The Kier molecular flexibility index (Phi) is 4.75. The highest BCUT2D eigenvalue weighted by Gasteiger charge is 2.16. The molecule has 0 aliphatic carbocycles. The summed E-state index contributed by atoms with van der Waals surface area (Å²) < 4.78 is 0. The van der Waals surface area contributed by atoms with E-state index in [-0.39, 0.29) is 11.5 Å².